The van der Waals surface area contributed by atoms with Gasteiger partial charge in [0.1, 0.15) is 6.29 Å². The topological polar surface area (TPSA) is 17.1 Å². The summed E-state index contributed by atoms with van der Waals surface area (Å²) in [7, 11) is 0. The van der Waals surface area contributed by atoms with Crippen molar-refractivity contribution >= 4 is 6.29 Å². The molecule has 0 aliphatic heterocycles. The van der Waals surface area contributed by atoms with Crippen molar-refractivity contribution in [1.29, 1.82) is 0 Å². The minimum atomic E-state index is -0.0747. The van der Waals surface area contributed by atoms with Gasteiger partial charge >= 0.3 is 0 Å². The van der Waals surface area contributed by atoms with E-state index in [9.17, 15) is 4.79 Å². The van der Waals surface area contributed by atoms with Crippen LogP contribution in [0.3, 0.4) is 0 Å². The van der Waals surface area contributed by atoms with Crippen molar-refractivity contribution in [3.63, 3.8) is 0 Å². The maximum atomic E-state index is 12.1. The SMILES string of the molecule is CCCC(C(C)(C)C)C(C=O)(CC)C1CCCCC1. The lowest BCUT2D eigenvalue weighted by molar-refractivity contribution is -0.129. The van der Waals surface area contributed by atoms with Crippen LogP contribution in [0.2, 0.25) is 0 Å². The highest BCUT2D eigenvalue weighted by Gasteiger charge is 2.47. The lowest BCUT2D eigenvalue weighted by Gasteiger charge is -2.49. The van der Waals surface area contributed by atoms with Gasteiger partial charge in [-0.3, -0.25) is 0 Å². The predicted molar refractivity (Wildman–Crippen MR) is 83.2 cm³/mol. The second-order valence-electron chi connectivity index (χ2n) is 7.63. The molecule has 0 spiro atoms. The quantitative estimate of drug-likeness (QED) is 0.570. The first-order valence-electron chi connectivity index (χ1n) is 8.38. The van der Waals surface area contributed by atoms with Crippen LogP contribution in [0.1, 0.15) is 86.0 Å². The van der Waals surface area contributed by atoms with Crippen molar-refractivity contribution in [3.8, 4) is 0 Å². The van der Waals surface area contributed by atoms with Gasteiger partial charge in [0.2, 0.25) is 0 Å². The molecular weight excluding hydrogens is 232 g/mol. The largest absolute Gasteiger partial charge is 0.303 e. The number of hydrogen-bond donors (Lipinski definition) is 0. The van der Waals surface area contributed by atoms with Crippen LogP contribution in [0.5, 0.6) is 0 Å². The van der Waals surface area contributed by atoms with Crippen molar-refractivity contribution in [2.75, 3.05) is 0 Å². The Hall–Kier alpha value is -0.330. The average molecular weight is 266 g/mol. The summed E-state index contributed by atoms with van der Waals surface area (Å²) in [4.78, 5) is 12.1. The molecular formula is C18H34O. The van der Waals surface area contributed by atoms with Gasteiger partial charge in [-0.2, -0.15) is 0 Å². The number of carbonyl (C=O) groups is 1. The average Bonchev–Trinajstić information content (AvgIpc) is 2.40. The number of hydrogen-bond acceptors (Lipinski definition) is 1. The van der Waals surface area contributed by atoms with Crippen molar-refractivity contribution < 1.29 is 4.79 Å². The molecule has 1 aliphatic carbocycles. The predicted octanol–water partition coefficient (Wildman–Crippen LogP) is 5.62. The fourth-order valence-electron chi connectivity index (χ4n) is 4.52. The zero-order valence-electron chi connectivity index (χ0n) is 13.8. The number of aldehydes is 1. The molecule has 1 saturated carbocycles. The maximum Gasteiger partial charge on any atom is 0.126 e. The monoisotopic (exact) mass is 266 g/mol. The highest BCUT2D eigenvalue weighted by atomic mass is 16.1. The summed E-state index contributed by atoms with van der Waals surface area (Å²) in [6, 6.07) is 0. The summed E-state index contributed by atoms with van der Waals surface area (Å²) in [6.45, 7) is 11.5. The zero-order chi connectivity index (χ0) is 14.5. The second kappa shape index (κ2) is 6.90. The van der Waals surface area contributed by atoms with Crippen LogP contribution in [0.25, 0.3) is 0 Å². The third-order valence-corrected chi connectivity index (χ3v) is 5.47. The minimum Gasteiger partial charge on any atom is -0.303 e. The molecule has 19 heavy (non-hydrogen) atoms. The standard InChI is InChI=1S/C18H34O/c1-6-11-16(17(3,4)5)18(7-2,14-19)15-12-9-8-10-13-15/h14-16H,6-13H2,1-5H3. The first-order valence-corrected chi connectivity index (χ1v) is 8.38. The Morgan fingerprint density at radius 1 is 1.11 bits per heavy atom. The molecule has 0 aromatic heterocycles. The van der Waals surface area contributed by atoms with Crippen molar-refractivity contribution in [2.45, 2.75) is 86.0 Å². The molecule has 1 fully saturated rings. The highest BCUT2D eigenvalue weighted by molar-refractivity contribution is 5.61. The molecule has 0 aromatic rings. The van der Waals surface area contributed by atoms with Gasteiger partial charge < -0.3 is 4.79 Å². The van der Waals surface area contributed by atoms with E-state index in [1.807, 2.05) is 0 Å². The molecule has 0 saturated heterocycles. The van der Waals surface area contributed by atoms with Gasteiger partial charge in [0, 0.05) is 5.41 Å². The first kappa shape index (κ1) is 16.7. The zero-order valence-corrected chi connectivity index (χ0v) is 13.8. The van der Waals surface area contributed by atoms with Crippen LogP contribution < -0.4 is 0 Å². The molecule has 1 rings (SSSR count). The summed E-state index contributed by atoms with van der Waals surface area (Å²) >= 11 is 0. The number of carbonyl (C=O) groups excluding carboxylic acids is 1. The van der Waals surface area contributed by atoms with Crippen LogP contribution in [-0.4, -0.2) is 6.29 Å². The Kier molecular flexibility index (Phi) is 6.08. The van der Waals surface area contributed by atoms with Gasteiger partial charge in [-0.1, -0.05) is 60.3 Å². The van der Waals surface area contributed by atoms with Crippen LogP contribution in [-0.2, 0) is 4.79 Å². The van der Waals surface area contributed by atoms with E-state index in [2.05, 4.69) is 34.6 Å². The molecule has 1 aliphatic rings. The molecule has 112 valence electrons. The lowest BCUT2D eigenvalue weighted by atomic mass is 9.54. The van der Waals surface area contributed by atoms with Gasteiger partial charge in [-0.25, -0.2) is 0 Å². The van der Waals surface area contributed by atoms with E-state index < -0.39 is 0 Å². The normalized spacial score (nSPS) is 22.8. The Labute approximate surface area is 120 Å². The fraction of sp³-hybridized carbons (Fsp3) is 0.944. The van der Waals surface area contributed by atoms with Gasteiger partial charge in [0.05, 0.1) is 0 Å². The van der Waals surface area contributed by atoms with E-state index in [-0.39, 0.29) is 10.8 Å². The van der Waals surface area contributed by atoms with Crippen LogP contribution in [0.4, 0.5) is 0 Å². The summed E-state index contributed by atoms with van der Waals surface area (Å²) in [5.74, 6) is 1.15. The van der Waals surface area contributed by atoms with Crippen molar-refractivity contribution in [3.05, 3.63) is 0 Å². The van der Waals surface area contributed by atoms with E-state index >= 15 is 0 Å². The Bertz CT molecular complexity index is 270. The molecule has 0 heterocycles. The van der Waals surface area contributed by atoms with Gasteiger partial charge in [0.25, 0.3) is 0 Å². The number of rotatable bonds is 6. The van der Waals surface area contributed by atoms with E-state index in [1.165, 1.54) is 51.2 Å². The Balaban J connectivity index is 3.09. The molecule has 1 nitrogen and oxygen atoms in total. The first-order chi connectivity index (χ1) is 8.92. The molecule has 0 bridgehead atoms. The van der Waals surface area contributed by atoms with E-state index in [4.69, 9.17) is 0 Å². The van der Waals surface area contributed by atoms with Crippen LogP contribution in [0, 0.1) is 22.7 Å². The Morgan fingerprint density at radius 2 is 1.68 bits per heavy atom. The van der Waals surface area contributed by atoms with Crippen LogP contribution >= 0.6 is 0 Å². The van der Waals surface area contributed by atoms with E-state index in [0.717, 1.165) is 6.42 Å². The fourth-order valence-corrected chi connectivity index (χ4v) is 4.52. The summed E-state index contributed by atoms with van der Waals surface area (Å²) < 4.78 is 0. The van der Waals surface area contributed by atoms with E-state index in [1.54, 1.807) is 0 Å². The molecule has 2 unspecified atom stereocenters. The smallest absolute Gasteiger partial charge is 0.126 e. The highest BCUT2D eigenvalue weighted by Crippen LogP contribution is 2.52. The third-order valence-electron chi connectivity index (χ3n) is 5.47. The summed E-state index contributed by atoms with van der Waals surface area (Å²) in [5, 5.41) is 0. The van der Waals surface area contributed by atoms with Crippen LogP contribution in [0.15, 0.2) is 0 Å². The Morgan fingerprint density at radius 3 is 2.05 bits per heavy atom. The molecule has 0 amide bonds. The molecule has 1 heteroatoms. The van der Waals surface area contributed by atoms with Crippen molar-refractivity contribution in [2.24, 2.45) is 22.7 Å². The van der Waals surface area contributed by atoms with Crippen molar-refractivity contribution in [1.82, 2.24) is 0 Å². The van der Waals surface area contributed by atoms with Gasteiger partial charge in [-0.05, 0) is 42.9 Å². The molecule has 0 aromatic carbocycles. The molecule has 0 radical (unpaired) electrons. The van der Waals surface area contributed by atoms with Gasteiger partial charge in [0.15, 0.2) is 0 Å². The van der Waals surface area contributed by atoms with E-state index in [0.29, 0.717) is 11.8 Å². The van der Waals surface area contributed by atoms with Gasteiger partial charge in [-0.15, -0.1) is 0 Å². The maximum absolute atomic E-state index is 12.1. The molecule has 0 N–H and O–H groups in total. The summed E-state index contributed by atoms with van der Waals surface area (Å²) in [5.41, 5.74) is 0.152. The third kappa shape index (κ3) is 3.61. The lowest BCUT2D eigenvalue weighted by Crippen LogP contribution is -2.45. The second-order valence-corrected chi connectivity index (χ2v) is 7.63. The minimum absolute atomic E-state index is 0.0747. The summed E-state index contributed by atoms with van der Waals surface area (Å²) in [6.07, 6.45) is 11.3. The molecule has 2 atom stereocenters.